The average Bonchev–Trinajstić information content (AvgIpc) is 1.71. The molecule has 0 aliphatic carbocycles. The predicted molar refractivity (Wildman–Crippen MR) is 386 cm³/mol. The second-order valence-electron chi connectivity index (χ2n) is 26.3. The zero-order valence-electron chi connectivity index (χ0n) is 60.0. The Bertz CT molecular complexity index is 3090. The fraction of sp³-hybridized carbons (Fsp3) is 0.697. The van der Waals surface area contributed by atoms with Crippen molar-refractivity contribution in [3.05, 3.63) is 29.8 Å². The number of aliphatic carboxylic acids is 5. The minimum Gasteiger partial charge on any atom is -0.481 e. The third-order valence-electron chi connectivity index (χ3n) is 18.3. The van der Waals surface area contributed by atoms with Crippen molar-refractivity contribution in [2.75, 3.05) is 128 Å². The Labute approximate surface area is 618 Å². The normalized spacial score (nSPS) is 24.4. The second kappa shape index (κ2) is 45.6. The number of urea groups is 3. The summed E-state index contributed by atoms with van der Waals surface area (Å²) >= 11 is 5.67. The van der Waals surface area contributed by atoms with Gasteiger partial charge in [-0.25, -0.2) is 28.5 Å². The molecule has 38 heteroatoms. The molecule has 34 nitrogen and oxygen atoms in total. The maximum atomic E-state index is 12.8. The number of fused-ring (bicyclic) bond motifs is 3. The van der Waals surface area contributed by atoms with E-state index in [4.69, 9.17) is 16.4 Å². The van der Waals surface area contributed by atoms with Crippen molar-refractivity contribution < 1.29 is 108 Å². The van der Waals surface area contributed by atoms with Crippen LogP contribution in [0, 0.1) is 0 Å². The van der Waals surface area contributed by atoms with Crippen molar-refractivity contribution in [3.8, 4) is 0 Å². The summed E-state index contributed by atoms with van der Waals surface area (Å²) < 4.78 is 17.2. The van der Waals surface area contributed by atoms with E-state index in [1.807, 2.05) is 47.2 Å². The van der Waals surface area contributed by atoms with Gasteiger partial charge in [0.25, 0.3) is 17.7 Å². The van der Waals surface area contributed by atoms with E-state index in [1.165, 1.54) is 4.90 Å². The van der Waals surface area contributed by atoms with Crippen LogP contribution in [-0.4, -0.2) is 330 Å². The number of amides is 10. The SMILES string of the molecule is C=[N+](CCCCCC1SCC2NC(=O)NC21)CC(=O)Nc1ccc(CC2CN(CC(=O)O)CCN(CC(=O)O)CCN(CC(=O)O)CCN2C(=O)O)cc1.CCC(=O)O.CN(CCCCCC1SCC2NC(=O)NC21)CC(=O)O.O=C1NC2CSC(CCCCC(=O)ON3C(=O)CCC3=O)C2N1.[2H]CF. The van der Waals surface area contributed by atoms with Gasteiger partial charge in [-0.3, -0.25) is 62.3 Å². The molecular weight excluding hydrogens is 1420 g/mol. The number of carbonyl (C=O) groups is 13. The van der Waals surface area contributed by atoms with Crippen LogP contribution >= 0.6 is 35.3 Å². The van der Waals surface area contributed by atoms with Gasteiger partial charge >= 0.3 is 60.0 Å². The zero-order chi connectivity index (χ0) is 77.1. The van der Waals surface area contributed by atoms with Crippen LogP contribution in [0.25, 0.3) is 0 Å². The van der Waals surface area contributed by atoms with Crippen LogP contribution in [0.15, 0.2) is 24.3 Å². The van der Waals surface area contributed by atoms with Gasteiger partial charge < -0.3 is 77.6 Å². The Morgan fingerprint density at radius 1 is 0.615 bits per heavy atom. The Kier molecular flexibility index (Phi) is 37.3. The van der Waals surface area contributed by atoms with Crippen LogP contribution in [0.3, 0.4) is 0 Å². The lowest BCUT2D eigenvalue weighted by atomic mass is 10.0. The second-order valence-corrected chi connectivity index (χ2v) is 30.2. The Balaban J connectivity index is 0.000000314. The van der Waals surface area contributed by atoms with Gasteiger partial charge in [-0.2, -0.15) is 35.3 Å². The number of hydrogen-bond donors (Lipinski definition) is 13. The summed E-state index contributed by atoms with van der Waals surface area (Å²) in [5.74, 6) is -3.66. The van der Waals surface area contributed by atoms with Gasteiger partial charge in [0.15, 0.2) is 0 Å². The van der Waals surface area contributed by atoms with Gasteiger partial charge in [-0.15, -0.1) is 5.06 Å². The summed E-state index contributed by atoms with van der Waals surface area (Å²) in [7, 11) is 0.839. The highest BCUT2D eigenvalue weighted by atomic mass is 32.2. The number of imide groups is 1. The molecule has 8 aliphatic heterocycles. The molecule has 104 heavy (non-hydrogen) atoms. The zero-order valence-corrected chi connectivity index (χ0v) is 61.4. The van der Waals surface area contributed by atoms with Gasteiger partial charge in [0.05, 0.1) is 77.0 Å². The third-order valence-corrected chi connectivity index (χ3v) is 22.8. The molecule has 582 valence electrons. The van der Waals surface area contributed by atoms with Crippen molar-refractivity contribution in [2.24, 2.45) is 0 Å². The summed E-state index contributed by atoms with van der Waals surface area (Å²) in [5, 5.41) is 77.6. The molecule has 10 amide bonds. The molecule has 0 spiro atoms. The average molecular weight is 1530 g/mol. The van der Waals surface area contributed by atoms with Crippen LogP contribution in [0.4, 0.5) is 29.3 Å². The number of anilines is 1. The largest absolute Gasteiger partial charge is 0.481 e. The van der Waals surface area contributed by atoms with Crippen molar-refractivity contribution >= 4 is 125 Å². The van der Waals surface area contributed by atoms with Gasteiger partial charge in [-0.1, -0.05) is 44.7 Å². The van der Waals surface area contributed by atoms with Crippen LogP contribution in [0.2, 0.25) is 0 Å². The van der Waals surface area contributed by atoms with Gasteiger partial charge in [0, 0.05) is 117 Å². The van der Waals surface area contributed by atoms with Crippen molar-refractivity contribution in [3.63, 3.8) is 0 Å². The number of thioether (sulfide) groups is 3. The molecular formula is C66H104FN14O20S3+. The van der Waals surface area contributed by atoms with E-state index in [1.54, 1.807) is 50.5 Å². The van der Waals surface area contributed by atoms with E-state index in [0.717, 1.165) is 93.6 Å². The van der Waals surface area contributed by atoms with Gasteiger partial charge in [-0.05, 0) is 76.2 Å². The predicted octanol–water partition coefficient (Wildman–Crippen LogP) is 2.24. The molecule has 8 saturated heterocycles. The van der Waals surface area contributed by atoms with E-state index >= 15 is 0 Å². The summed E-state index contributed by atoms with van der Waals surface area (Å²) in [6.07, 6.45) is 10.3. The number of unbranched alkanes of at least 4 members (excludes halogenated alkanes) is 5. The number of halogens is 1. The highest BCUT2D eigenvalue weighted by Crippen LogP contribution is 2.36. The Morgan fingerprint density at radius 3 is 1.49 bits per heavy atom. The molecule has 0 radical (unpaired) electrons. The first-order valence-corrected chi connectivity index (χ1v) is 38.1. The molecule has 1 aromatic carbocycles. The van der Waals surface area contributed by atoms with Crippen molar-refractivity contribution in [2.45, 2.75) is 168 Å². The van der Waals surface area contributed by atoms with E-state index < -0.39 is 66.9 Å². The first-order valence-electron chi connectivity index (χ1n) is 35.6. The quantitative estimate of drug-likeness (QED) is 0.0162. The van der Waals surface area contributed by atoms with Crippen LogP contribution < -0.4 is 37.2 Å². The number of hydrogen-bond acceptors (Lipinski definition) is 21. The lowest BCUT2D eigenvalue weighted by molar-refractivity contribution is -0.508. The maximum Gasteiger partial charge on any atom is 0.407 e. The number of nitrogens with one attached hydrogen (secondary N) is 7. The number of alkyl halides is 1. The first kappa shape index (κ1) is 85.2. The van der Waals surface area contributed by atoms with E-state index in [2.05, 4.69) is 43.9 Å². The summed E-state index contributed by atoms with van der Waals surface area (Å²) in [6.45, 7) is 7.00. The lowest BCUT2D eigenvalue weighted by Gasteiger charge is -2.37. The summed E-state index contributed by atoms with van der Waals surface area (Å²) in [6, 6.07) is 7.39. The highest BCUT2D eigenvalue weighted by molar-refractivity contribution is 8.00. The van der Waals surface area contributed by atoms with E-state index in [9.17, 15) is 87.1 Å². The summed E-state index contributed by atoms with van der Waals surface area (Å²) in [5.41, 5.74) is 1.28. The molecule has 1 aromatic rings. The first-order chi connectivity index (χ1) is 50.0. The number of nitrogens with zero attached hydrogens (tertiary/aromatic N) is 7. The highest BCUT2D eigenvalue weighted by Gasteiger charge is 2.45. The van der Waals surface area contributed by atoms with E-state index in [0.29, 0.717) is 51.5 Å². The molecule has 8 aliphatic rings. The lowest BCUT2D eigenvalue weighted by Crippen LogP contribution is -2.53. The molecule has 13 N–H and O–H groups in total. The van der Waals surface area contributed by atoms with Crippen LogP contribution in [0.5, 0.6) is 0 Å². The minimum absolute atomic E-state index is 0.0272. The van der Waals surface area contributed by atoms with Crippen molar-refractivity contribution in [1.29, 1.82) is 0 Å². The third kappa shape index (κ3) is 31.1. The van der Waals surface area contributed by atoms with Gasteiger partial charge in [0.2, 0.25) is 6.54 Å². The number of carboxylic acids is 5. The smallest absolute Gasteiger partial charge is 0.407 e. The molecule has 10 unspecified atom stereocenters. The number of carbonyl (C=O) groups excluding carboxylic acids is 7. The minimum atomic E-state index is -1.24. The van der Waals surface area contributed by atoms with E-state index in [-0.39, 0.29) is 159 Å². The number of carboxylic acid groups (broad SMARTS) is 6. The molecule has 0 saturated carbocycles. The molecule has 9 rings (SSSR count). The van der Waals surface area contributed by atoms with Crippen LogP contribution in [-0.2, 0) is 54.4 Å². The molecule has 10 atom stereocenters. The fourth-order valence-electron chi connectivity index (χ4n) is 13.1. The number of likely N-dealkylation sites (N-methyl/N-ethyl adjacent to an activating group) is 1. The molecule has 8 heterocycles. The standard InChI is InChI=1S/C35H52N8O10S.C14H19N3O5S.C13H23N3O3S.C3H6O2.CH3F/c1-39(10-4-2-3-5-28-33-27(23-54-28)37-34(51)38-33)19-29(44)36-25-8-6-24(7-9-25)17-26-18-42(22-32(49)50)14-13-40(20-30(45)46)11-12-41(21-31(47)48)15-16-43(26)35(52)53;18-10-5-6-11(19)17(10)22-12(20)4-2-1-3-9-13-8(7-23-9)15-14(21)16-13;1-16(7-11(17)18)6-4-2-3-5-10-12-9(8-20-10)14-13(19)15-12;1-2-3(4)5;1-2/h6-9,26-28,33H,1-5,10-23H2,(H6-,36,37,38,44,45,46,47,48,49,50,51,52,53);8-9,13H,1-7H2,(H2,15,16,21);9-10,12H,2-8H2,1H3,(H,17,18)(H2,14,15,19);2H2,1H3,(H,4,5);1H3/p+1/i;;;;1D. The van der Waals surface area contributed by atoms with Gasteiger partial charge in [0.1, 0.15) is 13.3 Å². The number of benzene rings is 1. The Morgan fingerprint density at radius 2 is 1.05 bits per heavy atom. The maximum absolute atomic E-state index is 12.8. The topological polar surface area (TPSA) is 459 Å². The molecule has 0 bridgehead atoms. The Hall–Kier alpha value is -7.78. The molecule has 8 fully saturated rings. The van der Waals surface area contributed by atoms with Crippen LogP contribution in [0.1, 0.15) is 110 Å². The number of hydroxylamine groups is 2. The van der Waals surface area contributed by atoms with Crippen molar-refractivity contribution in [1.82, 2.24) is 61.5 Å². The molecule has 0 aromatic heterocycles. The number of rotatable bonds is 32. The fourth-order valence-corrected chi connectivity index (χ4v) is 17.7. The summed E-state index contributed by atoms with van der Waals surface area (Å²) in [4.78, 5) is 161. The monoisotopic (exact) mass is 1530 g/mol.